The number of benzene rings is 1. The molecule has 2 heterocycles. The fraction of sp³-hybridized carbons (Fsp3) is 0.312. The van der Waals surface area contributed by atoms with Crippen molar-refractivity contribution in [2.45, 2.75) is 26.6 Å². The van der Waals surface area contributed by atoms with Gasteiger partial charge in [0.05, 0.1) is 13.1 Å². The first kappa shape index (κ1) is 14.5. The zero-order valence-corrected chi connectivity index (χ0v) is 12.8. The molecule has 2 aromatic heterocycles. The highest BCUT2D eigenvalue weighted by atomic mass is 16.5. The second kappa shape index (κ2) is 6.53. The number of rotatable bonds is 6. The topological polar surface area (TPSA) is 60.0 Å². The molecule has 0 atom stereocenters. The Labute approximate surface area is 129 Å². The van der Waals surface area contributed by atoms with Crippen molar-refractivity contribution in [2.24, 2.45) is 0 Å². The van der Waals surface area contributed by atoms with Gasteiger partial charge >= 0.3 is 0 Å². The number of hydrogen-bond acceptors (Lipinski definition) is 5. The predicted molar refractivity (Wildman–Crippen MR) is 82.0 cm³/mol. The maximum atomic E-state index is 4.99. The van der Waals surface area contributed by atoms with Crippen LogP contribution in [0.15, 0.2) is 47.2 Å². The molecule has 0 spiro atoms. The van der Waals surface area contributed by atoms with E-state index in [2.05, 4.69) is 44.4 Å². The van der Waals surface area contributed by atoms with Crippen LogP contribution in [0, 0.1) is 6.92 Å². The molecule has 0 fully saturated rings. The van der Waals surface area contributed by atoms with Crippen LogP contribution in [-0.2, 0) is 19.6 Å². The molecule has 0 radical (unpaired) electrons. The molecule has 0 aliphatic rings. The van der Waals surface area contributed by atoms with Gasteiger partial charge in [0.15, 0.2) is 5.82 Å². The van der Waals surface area contributed by atoms with Crippen LogP contribution in [0.4, 0.5) is 0 Å². The quantitative estimate of drug-likeness (QED) is 0.698. The van der Waals surface area contributed by atoms with Gasteiger partial charge in [-0.25, -0.2) is 0 Å². The zero-order valence-electron chi connectivity index (χ0n) is 12.8. The Hall–Kier alpha value is -2.47. The molecule has 0 aliphatic heterocycles. The summed E-state index contributed by atoms with van der Waals surface area (Å²) in [5.41, 5.74) is 2.50. The molecule has 0 N–H and O–H groups in total. The van der Waals surface area contributed by atoms with Crippen LogP contribution in [0.5, 0.6) is 0 Å². The highest BCUT2D eigenvalue weighted by molar-refractivity contribution is 5.22. The molecule has 0 bridgehead atoms. The third-order valence-corrected chi connectivity index (χ3v) is 3.36. The van der Waals surface area contributed by atoms with E-state index in [0.29, 0.717) is 12.4 Å². The molecule has 0 amide bonds. The molecule has 0 aliphatic carbocycles. The summed E-state index contributed by atoms with van der Waals surface area (Å²) < 4.78 is 6.90. The molecule has 0 unspecified atom stereocenters. The summed E-state index contributed by atoms with van der Waals surface area (Å²) in [6.45, 7) is 4.11. The molecule has 6 heteroatoms. The highest BCUT2D eigenvalue weighted by Crippen LogP contribution is 2.09. The van der Waals surface area contributed by atoms with Gasteiger partial charge in [0.2, 0.25) is 5.89 Å². The van der Waals surface area contributed by atoms with Crippen LogP contribution in [0.2, 0.25) is 0 Å². The lowest BCUT2D eigenvalue weighted by molar-refractivity contribution is 0.300. The summed E-state index contributed by atoms with van der Waals surface area (Å²) >= 11 is 0. The van der Waals surface area contributed by atoms with E-state index in [1.54, 1.807) is 13.1 Å². The summed E-state index contributed by atoms with van der Waals surface area (Å²) in [7, 11) is 2.04. The van der Waals surface area contributed by atoms with Gasteiger partial charge in [-0.1, -0.05) is 29.4 Å². The number of aromatic nitrogens is 4. The van der Waals surface area contributed by atoms with Crippen molar-refractivity contribution in [3.63, 3.8) is 0 Å². The van der Waals surface area contributed by atoms with Gasteiger partial charge in [0.1, 0.15) is 0 Å². The predicted octanol–water partition coefficient (Wildman–Crippen LogP) is 2.25. The lowest BCUT2D eigenvalue weighted by atomic mass is 10.1. The second-order valence-corrected chi connectivity index (χ2v) is 5.42. The van der Waals surface area contributed by atoms with Gasteiger partial charge in [-0.15, -0.1) is 0 Å². The summed E-state index contributed by atoms with van der Waals surface area (Å²) in [4.78, 5) is 6.38. The zero-order chi connectivity index (χ0) is 15.4. The maximum absolute atomic E-state index is 4.99. The average Bonchev–Trinajstić information content (AvgIpc) is 3.13. The van der Waals surface area contributed by atoms with E-state index in [-0.39, 0.29) is 0 Å². The minimum atomic E-state index is 0.603. The first-order valence-corrected chi connectivity index (χ1v) is 7.22. The highest BCUT2D eigenvalue weighted by Gasteiger charge is 2.07. The molecule has 1 aromatic carbocycles. The van der Waals surface area contributed by atoms with Gasteiger partial charge in [0, 0.05) is 25.9 Å². The van der Waals surface area contributed by atoms with Gasteiger partial charge in [-0.2, -0.15) is 10.1 Å². The fourth-order valence-electron chi connectivity index (χ4n) is 2.35. The second-order valence-electron chi connectivity index (χ2n) is 5.42. The summed E-state index contributed by atoms with van der Waals surface area (Å²) in [5.74, 6) is 1.32. The minimum Gasteiger partial charge on any atom is -0.340 e. The van der Waals surface area contributed by atoms with E-state index in [1.807, 2.05) is 24.0 Å². The van der Waals surface area contributed by atoms with Crippen molar-refractivity contribution in [3.05, 3.63) is 65.6 Å². The van der Waals surface area contributed by atoms with Crippen LogP contribution in [0.3, 0.4) is 0 Å². The summed E-state index contributed by atoms with van der Waals surface area (Å²) in [5, 5.41) is 8.13. The van der Waals surface area contributed by atoms with Crippen molar-refractivity contribution in [3.8, 4) is 0 Å². The van der Waals surface area contributed by atoms with Gasteiger partial charge in [0.25, 0.3) is 0 Å². The van der Waals surface area contributed by atoms with E-state index in [0.717, 1.165) is 18.9 Å². The number of aryl methyl sites for hydroxylation is 1. The lowest BCUT2D eigenvalue weighted by Gasteiger charge is -2.14. The molecule has 3 rings (SSSR count). The normalized spacial score (nSPS) is 11.2. The standard InChI is InChI=1S/C16H19N5O/c1-13-18-16(19-22-13)12-20(2)10-14-4-6-15(7-5-14)11-21-9-3-8-17-21/h3-9H,10-12H2,1-2H3. The smallest absolute Gasteiger partial charge is 0.223 e. The Morgan fingerprint density at radius 2 is 1.91 bits per heavy atom. The number of hydrogen-bond donors (Lipinski definition) is 0. The molecular formula is C16H19N5O. The Morgan fingerprint density at radius 1 is 1.14 bits per heavy atom. The minimum absolute atomic E-state index is 0.603. The maximum Gasteiger partial charge on any atom is 0.223 e. The van der Waals surface area contributed by atoms with Crippen molar-refractivity contribution in [1.29, 1.82) is 0 Å². The molecule has 0 saturated carbocycles. The van der Waals surface area contributed by atoms with Crippen molar-refractivity contribution in [2.75, 3.05) is 7.05 Å². The van der Waals surface area contributed by atoms with Crippen molar-refractivity contribution in [1.82, 2.24) is 24.8 Å². The first-order chi connectivity index (χ1) is 10.7. The van der Waals surface area contributed by atoms with E-state index in [4.69, 9.17) is 4.52 Å². The largest absolute Gasteiger partial charge is 0.340 e. The van der Waals surface area contributed by atoms with Crippen LogP contribution in [0.1, 0.15) is 22.8 Å². The molecule has 3 aromatic rings. The van der Waals surface area contributed by atoms with E-state index < -0.39 is 0 Å². The van der Waals surface area contributed by atoms with E-state index in [9.17, 15) is 0 Å². The average molecular weight is 297 g/mol. The van der Waals surface area contributed by atoms with Gasteiger partial charge in [-0.05, 0) is 24.2 Å². The lowest BCUT2D eigenvalue weighted by Crippen LogP contribution is -2.18. The molecular weight excluding hydrogens is 278 g/mol. The molecule has 22 heavy (non-hydrogen) atoms. The van der Waals surface area contributed by atoms with Gasteiger partial charge in [-0.3, -0.25) is 9.58 Å². The van der Waals surface area contributed by atoms with Crippen LogP contribution in [-0.4, -0.2) is 31.9 Å². The third-order valence-electron chi connectivity index (χ3n) is 3.36. The van der Waals surface area contributed by atoms with Gasteiger partial charge < -0.3 is 4.52 Å². The summed E-state index contributed by atoms with van der Waals surface area (Å²) in [6, 6.07) is 10.5. The van der Waals surface area contributed by atoms with Crippen LogP contribution >= 0.6 is 0 Å². The van der Waals surface area contributed by atoms with E-state index in [1.165, 1.54) is 11.1 Å². The summed E-state index contributed by atoms with van der Waals surface area (Å²) in [6.07, 6.45) is 3.76. The third kappa shape index (κ3) is 3.79. The molecule has 0 saturated heterocycles. The Morgan fingerprint density at radius 3 is 2.55 bits per heavy atom. The first-order valence-electron chi connectivity index (χ1n) is 7.22. The Bertz CT molecular complexity index is 702. The van der Waals surface area contributed by atoms with Crippen molar-refractivity contribution >= 4 is 0 Å². The fourth-order valence-corrected chi connectivity index (χ4v) is 2.35. The van der Waals surface area contributed by atoms with E-state index >= 15 is 0 Å². The molecule has 114 valence electrons. The molecule has 6 nitrogen and oxygen atoms in total. The number of nitrogens with zero attached hydrogens (tertiary/aromatic N) is 5. The SMILES string of the molecule is Cc1nc(CN(C)Cc2ccc(Cn3cccn3)cc2)no1. The van der Waals surface area contributed by atoms with Crippen LogP contribution < -0.4 is 0 Å². The Kier molecular flexibility index (Phi) is 4.29. The van der Waals surface area contributed by atoms with Crippen LogP contribution in [0.25, 0.3) is 0 Å². The monoisotopic (exact) mass is 297 g/mol. The van der Waals surface area contributed by atoms with Crippen molar-refractivity contribution < 1.29 is 4.52 Å². The Balaban J connectivity index is 1.56.